The van der Waals surface area contributed by atoms with Crippen molar-refractivity contribution in [2.75, 3.05) is 12.3 Å². The van der Waals surface area contributed by atoms with E-state index in [2.05, 4.69) is 7.05 Å². The van der Waals surface area contributed by atoms with Crippen LogP contribution in [0.15, 0.2) is 0 Å². The Morgan fingerprint density at radius 1 is 1.71 bits per heavy atom. The van der Waals surface area contributed by atoms with E-state index in [1.165, 1.54) is 0 Å². The third-order valence-corrected chi connectivity index (χ3v) is 2.41. The summed E-state index contributed by atoms with van der Waals surface area (Å²) in [6.07, 6.45) is 1.04. The van der Waals surface area contributed by atoms with Gasteiger partial charge in [0.05, 0.1) is 11.0 Å². The molecule has 1 atom stereocenters. The van der Waals surface area contributed by atoms with Gasteiger partial charge in [-0.05, 0) is 13.0 Å². The molecule has 1 rings (SSSR count). The predicted molar refractivity (Wildman–Crippen MR) is 29.7 cm³/mol. The summed E-state index contributed by atoms with van der Waals surface area (Å²) in [7, 11) is 2.81. The largest absolute Gasteiger partial charge is 0.378 e. The van der Waals surface area contributed by atoms with E-state index in [0.717, 1.165) is 18.7 Å². The fourth-order valence-electron chi connectivity index (χ4n) is 0.595. The molecule has 1 aliphatic rings. The molecule has 3 heteroatoms. The van der Waals surface area contributed by atoms with Crippen molar-refractivity contribution in [3.8, 4) is 0 Å². The van der Waals surface area contributed by atoms with Gasteiger partial charge in [0.2, 0.25) is 0 Å². The smallest absolute Gasteiger partial charge is 0.0644 e. The standard InChI is InChI=1S/C4H8NOS/c1-5-3-2-4-7(5)6/h1-4H2/q-1. The molecule has 0 radical (unpaired) electrons. The van der Waals surface area contributed by atoms with Crippen LogP contribution in [-0.4, -0.2) is 20.8 Å². The summed E-state index contributed by atoms with van der Waals surface area (Å²) in [6.45, 7) is 0.895. The molecule has 1 aliphatic heterocycles. The highest BCUT2D eigenvalue weighted by atomic mass is 32.2. The van der Waals surface area contributed by atoms with Crippen molar-refractivity contribution in [1.29, 1.82) is 0 Å². The van der Waals surface area contributed by atoms with E-state index < -0.39 is 11.0 Å². The zero-order valence-electron chi connectivity index (χ0n) is 4.09. The van der Waals surface area contributed by atoms with Crippen LogP contribution < -0.4 is 0 Å². The van der Waals surface area contributed by atoms with Crippen LogP contribution in [0.3, 0.4) is 0 Å². The molecule has 0 aliphatic carbocycles. The van der Waals surface area contributed by atoms with E-state index in [-0.39, 0.29) is 0 Å². The van der Waals surface area contributed by atoms with Gasteiger partial charge >= 0.3 is 0 Å². The summed E-state index contributed by atoms with van der Waals surface area (Å²) in [6, 6.07) is 0. The van der Waals surface area contributed by atoms with Gasteiger partial charge in [-0.15, -0.1) is 0 Å². The van der Waals surface area contributed by atoms with Crippen molar-refractivity contribution in [2.24, 2.45) is 0 Å². The molecule has 0 aromatic heterocycles. The first-order valence-electron chi connectivity index (χ1n) is 2.27. The first-order valence-corrected chi connectivity index (χ1v) is 3.55. The summed E-state index contributed by atoms with van der Waals surface area (Å²) < 4.78 is 12.2. The third kappa shape index (κ3) is 1.01. The second-order valence-electron chi connectivity index (χ2n) is 1.58. The lowest BCUT2D eigenvalue weighted by molar-refractivity contribution is 0.596. The van der Waals surface area contributed by atoms with E-state index in [9.17, 15) is 4.21 Å². The van der Waals surface area contributed by atoms with E-state index in [1.807, 2.05) is 0 Å². The van der Waals surface area contributed by atoms with Crippen molar-refractivity contribution in [3.63, 3.8) is 0 Å². The Balaban J connectivity index is 2.48. The molecule has 7 heavy (non-hydrogen) atoms. The Kier molecular flexibility index (Phi) is 1.44. The average Bonchev–Trinajstić information content (AvgIpc) is 1.91. The lowest BCUT2D eigenvalue weighted by Gasteiger charge is -2.11. The zero-order valence-corrected chi connectivity index (χ0v) is 4.91. The van der Waals surface area contributed by atoms with Gasteiger partial charge in [-0.1, -0.05) is 0 Å². The molecule has 0 N–H and O–H groups in total. The van der Waals surface area contributed by atoms with Gasteiger partial charge in [-0.2, -0.15) is 0 Å². The molecule has 1 saturated heterocycles. The van der Waals surface area contributed by atoms with Crippen molar-refractivity contribution in [3.05, 3.63) is 7.05 Å². The Labute approximate surface area is 46.1 Å². The first kappa shape index (κ1) is 5.25. The lowest BCUT2D eigenvalue weighted by Crippen LogP contribution is -2.10. The maximum absolute atomic E-state index is 10.5. The molecule has 2 nitrogen and oxygen atoms in total. The molecule has 1 unspecified atom stereocenters. The molecular formula is C4H8NOS-. The fourth-order valence-corrected chi connectivity index (χ4v) is 1.56. The average molecular weight is 118 g/mol. The van der Waals surface area contributed by atoms with Gasteiger partial charge in [-0.3, -0.25) is 7.05 Å². The quantitative estimate of drug-likeness (QED) is 0.414. The van der Waals surface area contributed by atoms with Gasteiger partial charge in [0.1, 0.15) is 0 Å². The highest BCUT2D eigenvalue weighted by molar-refractivity contribution is 7.82. The number of nitrogens with zero attached hydrogens (tertiary/aromatic N) is 1. The van der Waals surface area contributed by atoms with Crippen molar-refractivity contribution in [2.45, 2.75) is 6.42 Å². The molecule has 42 valence electrons. The van der Waals surface area contributed by atoms with Gasteiger partial charge in [0, 0.05) is 5.75 Å². The topological polar surface area (TPSA) is 20.3 Å². The van der Waals surface area contributed by atoms with Crippen LogP contribution in [0.25, 0.3) is 0 Å². The second-order valence-corrected chi connectivity index (χ2v) is 3.15. The van der Waals surface area contributed by atoms with Crippen LogP contribution in [-0.2, 0) is 11.0 Å². The minimum atomic E-state index is -0.745. The third-order valence-electron chi connectivity index (χ3n) is 1.01. The second kappa shape index (κ2) is 1.92. The highest BCUT2D eigenvalue weighted by Crippen LogP contribution is 2.04. The molecular weight excluding hydrogens is 110 g/mol. The Morgan fingerprint density at radius 2 is 2.43 bits per heavy atom. The van der Waals surface area contributed by atoms with Crippen LogP contribution in [0, 0.1) is 7.05 Å². The number of hydrogen-bond acceptors (Lipinski definition) is 1. The molecule has 1 heterocycles. The van der Waals surface area contributed by atoms with Crippen LogP contribution in [0.5, 0.6) is 0 Å². The Hall–Kier alpha value is 0.110. The minimum Gasteiger partial charge on any atom is -0.378 e. The van der Waals surface area contributed by atoms with Crippen molar-refractivity contribution in [1.82, 2.24) is 4.31 Å². The van der Waals surface area contributed by atoms with Gasteiger partial charge in [-0.25, -0.2) is 4.21 Å². The molecule has 0 amide bonds. The normalized spacial score (nSPS) is 34.1. The SMILES string of the molecule is [CH2-]N1CCCS1=O. The number of hydrogen-bond donors (Lipinski definition) is 0. The first-order chi connectivity index (χ1) is 3.30. The monoisotopic (exact) mass is 118 g/mol. The van der Waals surface area contributed by atoms with E-state index in [4.69, 9.17) is 0 Å². The summed E-state index contributed by atoms with van der Waals surface area (Å²) >= 11 is 0. The van der Waals surface area contributed by atoms with Crippen LogP contribution >= 0.6 is 0 Å². The summed E-state index contributed by atoms with van der Waals surface area (Å²) in [5.74, 6) is 0.809. The maximum Gasteiger partial charge on any atom is 0.0644 e. The molecule has 0 bridgehead atoms. The molecule has 0 aromatic carbocycles. The van der Waals surface area contributed by atoms with Crippen molar-refractivity contribution >= 4 is 11.0 Å². The van der Waals surface area contributed by atoms with Gasteiger partial charge in [0.25, 0.3) is 0 Å². The van der Waals surface area contributed by atoms with Crippen LogP contribution in [0.2, 0.25) is 0 Å². The molecule has 0 aromatic rings. The number of rotatable bonds is 0. The summed E-state index contributed by atoms with van der Waals surface area (Å²) in [4.78, 5) is 0. The van der Waals surface area contributed by atoms with E-state index in [1.54, 1.807) is 4.31 Å². The lowest BCUT2D eigenvalue weighted by atomic mass is 10.5. The van der Waals surface area contributed by atoms with Gasteiger partial charge < -0.3 is 4.31 Å². The molecule has 0 saturated carbocycles. The van der Waals surface area contributed by atoms with Crippen LogP contribution in [0.4, 0.5) is 0 Å². The predicted octanol–water partition coefficient (Wildman–Crippen LogP) is 0.147. The van der Waals surface area contributed by atoms with E-state index in [0.29, 0.717) is 0 Å². The molecule has 1 fully saturated rings. The highest BCUT2D eigenvalue weighted by Gasteiger charge is 2.07. The Morgan fingerprint density at radius 3 is 2.57 bits per heavy atom. The summed E-state index contributed by atoms with van der Waals surface area (Å²) in [5.41, 5.74) is 0. The van der Waals surface area contributed by atoms with Gasteiger partial charge in [0.15, 0.2) is 0 Å². The fraction of sp³-hybridized carbons (Fsp3) is 0.750. The van der Waals surface area contributed by atoms with Crippen molar-refractivity contribution < 1.29 is 4.21 Å². The zero-order chi connectivity index (χ0) is 5.28. The summed E-state index contributed by atoms with van der Waals surface area (Å²) in [5, 5.41) is 0. The Bertz CT molecular complexity index is 93.7. The maximum atomic E-state index is 10.5. The van der Waals surface area contributed by atoms with E-state index >= 15 is 0 Å². The molecule has 0 spiro atoms. The minimum absolute atomic E-state index is 0.745. The van der Waals surface area contributed by atoms with Crippen LogP contribution in [0.1, 0.15) is 6.42 Å².